The van der Waals surface area contributed by atoms with E-state index in [2.05, 4.69) is 52.6 Å². The first-order chi connectivity index (χ1) is 9.12. The van der Waals surface area contributed by atoms with E-state index < -0.39 is 5.60 Å². The van der Waals surface area contributed by atoms with Crippen molar-refractivity contribution >= 4 is 31.9 Å². The Morgan fingerprint density at radius 2 is 1.05 bits per heavy atom. The van der Waals surface area contributed by atoms with Crippen LogP contribution in [0.5, 0.6) is 0 Å². The zero-order valence-electron chi connectivity index (χ0n) is 14.3. The van der Waals surface area contributed by atoms with Crippen molar-refractivity contribution in [2.24, 2.45) is 5.41 Å². The number of alkyl halides is 2. The van der Waals surface area contributed by atoms with Gasteiger partial charge >= 0.3 is 0 Å². The Morgan fingerprint density at radius 3 is 1.35 bits per heavy atom. The van der Waals surface area contributed by atoms with Crippen LogP contribution in [0.1, 0.15) is 86.0 Å². The summed E-state index contributed by atoms with van der Waals surface area (Å²) < 4.78 is 0. The molecule has 0 aliphatic carbocycles. The fourth-order valence-electron chi connectivity index (χ4n) is 1.76. The maximum absolute atomic E-state index is 9.31. The molecule has 0 unspecified atom stereocenters. The predicted octanol–water partition coefficient (Wildman–Crippen LogP) is 6.70. The van der Waals surface area contributed by atoms with Gasteiger partial charge in [-0.2, -0.15) is 0 Å². The van der Waals surface area contributed by atoms with Crippen molar-refractivity contribution in [3.8, 4) is 0 Å². The highest BCUT2D eigenvalue weighted by atomic mass is 79.9. The molecule has 0 saturated heterocycles. The maximum Gasteiger partial charge on any atom is 0.0591 e. The van der Waals surface area contributed by atoms with Gasteiger partial charge in [-0.05, 0) is 44.9 Å². The Kier molecular flexibility index (Phi) is 15.7. The van der Waals surface area contributed by atoms with Crippen molar-refractivity contribution < 1.29 is 5.11 Å². The zero-order valence-corrected chi connectivity index (χ0v) is 17.4. The van der Waals surface area contributed by atoms with Gasteiger partial charge in [-0.1, -0.05) is 78.3 Å². The first kappa shape index (κ1) is 23.2. The minimum absolute atomic E-state index is 0.466. The second-order valence-electron chi connectivity index (χ2n) is 7.37. The summed E-state index contributed by atoms with van der Waals surface area (Å²) in [4.78, 5) is 0. The van der Waals surface area contributed by atoms with Gasteiger partial charge in [-0.3, -0.25) is 0 Å². The molecule has 0 heterocycles. The molecule has 0 rings (SSSR count). The number of rotatable bonds is 9. The Balaban J connectivity index is 0. The Bertz CT molecular complexity index is 170. The lowest BCUT2D eigenvalue weighted by molar-refractivity contribution is 0.0682. The highest BCUT2D eigenvalue weighted by Gasteiger charge is 2.10. The number of halogens is 2. The Labute approximate surface area is 144 Å². The molecule has 0 fully saturated rings. The van der Waals surface area contributed by atoms with E-state index in [1.807, 2.05) is 13.8 Å². The van der Waals surface area contributed by atoms with Crippen molar-refractivity contribution in [1.82, 2.24) is 0 Å². The summed E-state index contributed by atoms with van der Waals surface area (Å²) in [6.07, 6.45) is 9.94. The highest BCUT2D eigenvalue weighted by molar-refractivity contribution is 9.09. The molecule has 3 heteroatoms. The van der Waals surface area contributed by atoms with Crippen LogP contribution in [0, 0.1) is 5.41 Å². The molecule has 0 atom stereocenters. The highest BCUT2D eigenvalue weighted by Crippen LogP contribution is 2.22. The largest absolute Gasteiger partial charge is 0.390 e. The van der Waals surface area contributed by atoms with Gasteiger partial charge in [0.25, 0.3) is 0 Å². The number of hydrogen-bond donors (Lipinski definition) is 1. The Hall–Kier alpha value is 0.920. The van der Waals surface area contributed by atoms with Gasteiger partial charge in [0.05, 0.1) is 5.60 Å². The molecule has 20 heavy (non-hydrogen) atoms. The summed E-state index contributed by atoms with van der Waals surface area (Å²) >= 11 is 6.80. The van der Waals surface area contributed by atoms with Gasteiger partial charge in [-0.25, -0.2) is 0 Å². The van der Waals surface area contributed by atoms with Crippen molar-refractivity contribution in [3.05, 3.63) is 0 Å². The average molecular weight is 416 g/mol. The smallest absolute Gasteiger partial charge is 0.0591 e. The molecule has 0 aromatic heterocycles. The minimum Gasteiger partial charge on any atom is -0.390 e. The van der Waals surface area contributed by atoms with Gasteiger partial charge in [0.1, 0.15) is 0 Å². The van der Waals surface area contributed by atoms with Gasteiger partial charge < -0.3 is 5.11 Å². The maximum atomic E-state index is 9.31. The summed E-state index contributed by atoms with van der Waals surface area (Å²) in [6.45, 7) is 10.6. The van der Waals surface area contributed by atoms with E-state index in [-0.39, 0.29) is 0 Å². The molecular formula is C17H36Br2O. The zero-order chi connectivity index (χ0) is 16.1. The average Bonchev–Trinajstić information content (AvgIpc) is 2.29. The first-order valence-corrected chi connectivity index (χ1v) is 10.2. The normalized spacial score (nSPS) is 12.0. The number of hydrogen-bond acceptors (Lipinski definition) is 1. The van der Waals surface area contributed by atoms with Crippen LogP contribution in [0.2, 0.25) is 0 Å². The van der Waals surface area contributed by atoms with Crippen LogP contribution in [0.25, 0.3) is 0 Å². The van der Waals surface area contributed by atoms with Crippen LogP contribution in [-0.4, -0.2) is 21.4 Å². The van der Waals surface area contributed by atoms with Crippen molar-refractivity contribution in [2.75, 3.05) is 10.7 Å². The minimum atomic E-state index is -0.466. The molecule has 1 N–H and O–H groups in total. The van der Waals surface area contributed by atoms with Gasteiger partial charge in [0, 0.05) is 10.7 Å². The molecule has 0 spiro atoms. The molecule has 0 aliphatic rings. The van der Waals surface area contributed by atoms with Gasteiger partial charge in [0.2, 0.25) is 0 Å². The van der Waals surface area contributed by atoms with Crippen LogP contribution in [0.4, 0.5) is 0 Å². The van der Waals surface area contributed by atoms with E-state index in [0.29, 0.717) is 5.41 Å². The summed E-state index contributed by atoms with van der Waals surface area (Å²) in [6, 6.07) is 0. The summed E-state index contributed by atoms with van der Waals surface area (Å²) in [5.74, 6) is 0. The van der Waals surface area contributed by atoms with E-state index >= 15 is 0 Å². The molecular weight excluding hydrogens is 380 g/mol. The fraction of sp³-hybridized carbons (Fsp3) is 1.00. The lowest BCUT2D eigenvalue weighted by atomic mass is 9.90. The van der Waals surface area contributed by atoms with E-state index in [1.54, 1.807) is 0 Å². The molecule has 0 aromatic rings. The molecule has 124 valence electrons. The second kappa shape index (κ2) is 13.6. The summed E-state index contributed by atoms with van der Waals surface area (Å²) in [5.41, 5.74) is 0.0681. The van der Waals surface area contributed by atoms with E-state index in [0.717, 1.165) is 23.5 Å². The molecule has 0 radical (unpaired) electrons. The van der Waals surface area contributed by atoms with Gasteiger partial charge in [-0.15, -0.1) is 0 Å². The standard InChI is InChI=1S/C9H19Br.C8H17BrO/c1-9(2,3)7-5-4-6-8-10;1-8(2,10)6-4-3-5-7-9/h4-8H2,1-3H3;10H,3-7H2,1-2H3. The SMILES string of the molecule is CC(C)(C)CCCCCBr.CC(C)(O)CCCCCBr. The van der Waals surface area contributed by atoms with Crippen LogP contribution < -0.4 is 0 Å². The lowest BCUT2D eigenvalue weighted by Gasteiger charge is -2.17. The molecule has 1 nitrogen and oxygen atoms in total. The van der Waals surface area contributed by atoms with Crippen LogP contribution in [-0.2, 0) is 0 Å². The van der Waals surface area contributed by atoms with E-state index in [9.17, 15) is 5.11 Å². The third-order valence-corrected chi connectivity index (χ3v) is 4.10. The Morgan fingerprint density at radius 1 is 0.650 bits per heavy atom. The topological polar surface area (TPSA) is 20.2 Å². The molecule has 0 aromatic carbocycles. The van der Waals surface area contributed by atoms with Crippen molar-refractivity contribution in [3.63, 3.8) is 0 Å². The second-order valence-corrected chi connectivity index (χ2v) is 8.96. The molecule has 0 aliphatic heterocycles. The number of unbranched alkanes of at least 4 members (excludes halogenated alkanes) is 4. The summed E-state index contributed by atoms with van der Waals surface area (Å²) in [5, 5.41) is 11.6. The van der Waals surface area contributed by atoms with Crippen LogP contribution in [0.3, 0.4) is 0 Å². The van der Waals surface area contributed by atoms with E-state index in [4.69, 9.17) is 0 Å². The first-order valence-electron chi connectivity index (χ1n) is 7.97. The molecule has 0 bridgehead atoms. The molecule has 0 saturated carbocycles. The summed E-state index contributed by atoms with van der Waals surface area (Å²) in [7, 11) is 0. The monoisotopic (exact) mass is 414 g/mol. The fourth-order valence-corrected chi connectivity index (χ4v) is 2.55. The van der Waals surface area contributed by atoms with Crippen molar-refractivity contribution in [1.29, 1.82) is 0 Å². The van der Waals surface area contributed by atoms with Gasteiger partial charge in [0.15, 0.2) is 0 Å². The lowest BCUT2D eigenvalue weighted by Crippen LogP contribution is -2.17. The predicted molar refractivity (Wildman–Crippen MR) is 100 cm³/mol. The van der Waals surface area contributed by atoms with Crippen LogP contribution in [0.15, 0.2) is 0 Å². The number of aliphatic hydroxyl groups is 1. The van der Waals surface area contributed by atoms with E-state index in [1.165, 1.54) is 38.5 Å². The third-order valence-electron chi connectivity index (χ3n) is 2.98. The molecule has 0 amide bonds. The van der Waals surface area contributed by atoms with Crippen LogP contribution >= 0.6 is 31.9 Å². The third kappa shape index (κ3) is 27.3. The quantitative estimate of drug-likeness (QED) is 0.328. The van der Waals surface area contributed by atoms with Crippen molar-refractivity contribution in [2.45, 2.75) is 91.6 Å².